The van der Waals surface area contributed by atoms with E-state index in [1.165, 1.54) is 20.3 Å². The Hall–Kier alpha value is -3.91. The molecular formula is C29H32F4N4O3. The van der Waals surface area contributed by atoms with Gasteiger partial charge in [-0.05, 0) is 55.3 Å². The van der Waals surface area contributed by atoms with Gasteiger partial charge in [0.25, 0.3) is 0 Å². The van der Waals surface area contributed by atoms with Gasteiger partial charge in [0.2, 0.25) is 0 Å². The van der Waals surface area contributed by atoms with Crippen molar-refractivity contribution in [2.75, 3.05) is 51.0 Å². The summed E-state index contributed by atoms with van der Waals surface area (Å²) < 4.78 is 66.6. The van der Waals surface area contributed by atoms with Crippen molar-refractivity contribution < 1.29 is 31.8 Å². The number of methoxy groups -OCH3 is 2. The van der Waals surface area contributed by atoms with Gasteiger partial charge in [-0.1, -0.05) is 18.9 Å². The molecule has 1 saturated heterocycles. The SMILES string of the molecule is CCN1CC[C@H](Nc2cccc3c2cc(C#CCNc2ccc(C(=O)OC)cc2OC)n3CC(F)(F)F)[C@H](F)C1. The lowest BCUT2D eigenvalue weighted by Gasteiger charge is -2.35. The first-order valence-electron chi connectivity index (χ1n) is 12.9. The number of carbonyl (C=O) groups is 1. The average Bonchev–Trinajstić information content (AvgIpc) is 3.28. The summed E-state index contributed by atoms with van der Waals surface area (Å²) in [7, 11) is 2.73. The van der Waals surface area contributed by atoms with Gasteiger partial charge in [-0.15, -0.1) is 0 Å². The zero-order chi connectivity index (χ0) is 28.9. The molecule has 0 bridgehead atoms. The molecule has 2 atom stereocenters. The van der Waals surface area contributed by atoms with Gasteiger partial charge in [-0.25, -0.2) is 9.18 Å². The number of nitrogens with zero attached hydrogens (tertiary/aromatic N) is 2. The topological polar surface area (TPSA) is 67.8 Å². The second kappa shape index (κ2) is 12.5. The van der Waals surface area contributed by atoms with Crippen molar-refractivity contribution in [3.63, 3.8) is 0 Å². The van der Waals surface area contributed by atoms with Crippen LogP contribution in [-0.4, -0.2) is 74.2 Å². The lowest BCUT2D eigenvalue weighted by Crippen LogP contribution is -2.47. The molecule has 7 nitrogen and oxygen atoms in total. The largest absolute Gasteiger partial charge is 0.495 e. The Bertz CT molecular complexity index is 1410. The summed E-state index contributed by atoms with van der Waals surface area (Å²) in [4.78, 5) is 13.8. The number of nitrogens with one attached hydrogen (secondary N) is 2. The second-order valence-electron chi connectivity index (χ2n) is 9.48. The second-order valence-corrected chi connectivity index (χ2v) is 9.48. The Labute approximate surface area is 230 Å². The number of carbonyl (C=O) groups excluding carboxylic acids is 1. The summed E-state index contributed by atoms with van der Waals surface area (Å²) in [6.07, 6.45) is -4.96. The van der Waals surface area contributed by atoms with Crippen LogP contribution >= 0.6 is 0 Å². The molecule has 4 rings (SSSR count). The number of hydrogen-bond acceptors (Lipinski definition) is 6. The zero-order valence-corrected chi connectivity index (χ0v) is 22.6. The van der Waals surface area contributed by atoms with Crippen molar-refractivity contribution in [3.8, 4) is 17.6 Å². The van der Waals surface area contributed by atoms with Gasteiger partial charge < -0.3 is 29.6 Å². The summed E-state index contributed by atoms with van der Waals surface area (Å²) in [5, 5.41) is 6.84. The summed E-state index contributed by atoms with van der Waals surface area (Å²) in [5.74, 6) is 5.61. The number of rotatable bonds is 8. The molecule has 0 radical (unpaired) electrons. The molecule has 1 aromatic heterocycles. The Morgan fingerprint density at radius 3 is 2.62 bits per heavy atom. The van der Waals surface area contributed by atoms with Gasteiger partial charge in [0, 0.05) is 24.2 Å². The minimum atomic E-state index is -4.46. The van der Waals surface area contributed by atoms with Crippen molar-refractivity contribution in [3.05, 3.63) is 53.7 Å². The highest BCUT2D eigenvalue weighted by atomic mass is 19.4. The number of fused-ring (bicyclic) bond motifs is 1. The standard InChI is InChI=1S/C29H32F4N4O3/c1-4-36-14-12-24(22(30)17-36)35-23-8-5-9-26-21(23)16-20(37(26)18-29(31,32)33)7-6-13-34-25-11-10-19(28(38)40-3)15-27(25)39-2/h5,8-11,15-16,22,24,34-35H,4,12-14,17-18H2,1-3H3/t22-,24+/m1/s1. The van der Waals surface area contributed by atoms with Gasteiger partial charge in [0.1, 0.15) is 18.5 Å². The fourth-order valence-corrected chi connectivity index (χ4v) is 4.84. The third kappa shape index (κ3) is 6.80. The fraction of sp³-hybridized carbons (Fsp3) is 0.414. The monoisotopic (exact) mass is 560 g/mol. The highest BCUT2D eigenvalue weighted by Crippen LogP contribution is 2.32. The predicted molar refractivity (Wildman–Crippen MR) is 147 cm³/mol. The van der Waals surface area contributed by atoms with Gasteiger partial charge in [-0.2, -0.15) is 13.2 Å². The van der Waals surface area contributed by atoms with E-state index in [1.807, 2.05) is 11.8 Å². The number of piperidine rings is 1. The van der Waals surface area contributed by atoms with Crippen LogP contribution in [0.4, 0.5) is 28.9 Å². The normalized spacial score (nSPS) is 17.7. The molecule has 0 spiro atoms. The number of aromatic nitrogens is 1. The van der Waals surface area contributed by atoms with E-state index in [2.05, 4.69) is 22.5 Å². The Kier molecular flexibility index (Phi) is 9.10. The van der Waals surface area contributed by atoms with E-state index < -0.39 is 30.9 Å². The maximum atomic E-state index is 14.8. The minimum absolute atomic E-state index is 0.103. The molecule has 0 unspecified atom stereocenters. The van der Waals surface area contributed by atoms with Crippen LogP contribution in [0.15, 0.2) is 42.5 Å². The molecule has 2 N–H and O–H groups in total. The van der Waals surface area contributed by atoms with Gasteiger partial charge in [-0.3, -0.25) is 0 Å². The van der Waals surface area contributed by atoms with E-state index in [0.29, 0.717) is 46.6 Å². The molecule has 1 aliphatic rings. The third-order valence-electron chi connectivity index (χ3n) is 6.90. The molecule has 3 aromatic rings. The molecule has 1 fully saturated rings. The highest BCUT2D eigenvalue weighted by Gasteiger charge is 2.31. The Balaban J connectivity index is 1.58. The third-order valence-corrected chi connectivity index (χ3v) is 6.90. The summed E-state index contributed by atoms with van der Waals surface area (Å²) >= 11 is 0. The zero-order valence-electron chi connectivity index (χ0n) is 22.6. The highest BCUT2D eigenvalue weighted by molar-refractivity contribution is 5.94. The number of likely N-dealkylation sites (tertiary alicyclic amines) is 1. The molecule has 1 aliphatic heterocycles. The van der Waals surface area contributed by atoms with Crippen molar-refractivity contribution in [1.82, 2.24) is 9.47 Å². The number of esters is 1. The molecule has 40 heavy (non-hydrogen) atoms. The summed E-state index contributed by atoms with van der Waals surface area (Å²) in [6.45, 7) is 2.72. The molecule has 0 aliphatic carbocycles. The van der Waals surface area contributed by atoms with Gasteiger partial charge in [0.15, 0.2) is 0 Å². The van der Waals surface area contributed by atoms with Gasteiger partial charge in [0.05, 0.1) is 49.3 Å². The molecule has 11 heteroatoms. The first kappa shape index (κ1) is 29.1. The lowest BCUT2D eigenvalue weighted by molar-refractivity contribution is -0.140. The smallest absolute Gasteiger partial charge is 0.406 e. The number of anilines is 2. The van der Waals surface area contributed by atoms with E-state index >= 15 is 0 Å². The molecule has 2 heterocycles. The van der Waals surface area contributed by atoms with Crippen LogP contribution < -0.4 is 15.4 Å². The number of alkyl halides is 4. The quantitative estimate of drug-likeness (QED) is 0.221. The summed E-state index contributed by atoms with van der Waals surface area (Å²) in [6, 6.07) is 10.9. The molecular weight excluding hydrogens is 528 g/mol. The van der Waals surface area contributed by atoms with E-state index in [-0.39, 0.29) is 12.2 Å². The molecule has 0 amide bonds. The molecule has 2 aromatic carbocycles. The Morgan fingerprint density at radius 2 is 1.95 bits per heavy atom. The van der Waals surface area contributed by atoms with Crippen LogP contribution in [0, 0.1) is 11.8 Å². The van der Waals surface area contributed by atoms with Crippen LogP contribution in [0.25, 0.3) is 10.9 Å². The number of halogens is 4. The maximum absolute atomic E-state index is 14.8. The predicted octanol–water partition coefficient (Wildman–Crippen LogP) is 5.31. The van der Waals surface area contributed by atoms with Crippen LogP contribution in [0.1, 0.15) is 29.4 Å². The first-order chi connectivity index (χ1) is 19.1. The van der Waals surface area contributed by atoms with Gasteiger partial charge >= 0.3 is 12.1 Å². The van der Waals surface area contributed by atoms with Crippen molar-refractivity contribution >= 4 is 28.2 Å². The van der Waals surface area contributed by atoms with E-state index in [0.717, 1.165) is 17.7 Å². The number of ether oxygens (including phenoxy) is 2. The number of hydrogen-bond donors (Lipinski definition) is 2. The number of benzene rings is 2. The molecule has 0 saturated carbocycles. The van der Waals surface area contributed by atoms with E-state index in [1.54, 1.807) is 36.4 Å². The van der Waals surface area contributed by atoms with E-state index in [9.17, 15) is 22.4 Å². The van der Waals surface area contributed by atoms with Crippen molar-refractivity contribution in [2.24, 2.45) is 0 Å². The minimum Gasteiger partial charge on any atom is -0.495 e. The lowest BCUT2D eigenvalue weighted by atomic mass is 10.0. The Morgan fingerprint density at radius 1 is 1.15 bits per heavy atom. The van der Waals surface area contributed by atoms with Crippen molar-refractivity contribution in [2.45, 2.75) is 38.3 Å². The van der Waals surface area contributed by atoms with Crippen LogP contribution in [0.2, 0.25) is 0 Å². The first-order valence-corrected chi connectivity index (χ1v) is 12.9. The maximum Gasteiger partial charge on any atom is 0.406 e. The summed E-state index contributed by atoms with van der Waals surface area (Å²) in [5.41, 5.74) is 2.00. The molecule has 214 valence electrons. The fourth-order valence-electron chi connectivity index (χ4n) is 4.84. The average molecular weight is 561 g/mol. The van der Waals surface area contributed by atoms with Crippen LogP contribution in [0.5, 0.6) is 5.75 Å². The van der Waals surface area contributed by atoms with Crippen molar-refractivity contribution in [1.29, 1.82) is 0 Å². The van der Waals surface area contributed by atoms with Crippen LogP contribution in [-0.2, 0) is 11.3 Å². The van der Waals surface area contributed by atoms with E-state index in [4.69, 9.17) is 9.47 Å². The van der Waals surface area contributed by atoms with Crippen LogP contribution in [0.3, 0.4) is 0 Å².